The van der Waals surface area contributed by atoms with E-state index in [1.165, 1.54) is 12.1 Å². The summed E-state index contributed by atoms with van der Waals surface area (Å²) in [4.78, 5) is -0.979. The molecule has 1 rings (SSSR count). The second-order valence-corrected chi connectivity index (χ2v) is 3.86. The minimum absolute atomic E-state index is 0.0200. The van der Waals surface area contributed by atoms with Crippen LogP contribution in [0.15, 0.2) is 24.3 Å². The van der Waals surface area contributed by atoms with Gasteiger partial charge in [-0.25, -0.2) is 4.39 Å². The van der Waals surface area contributed by atoms with E-state index in [1.807, 2.05) is 0 Å². The quantitative estimate of drug-likeness (QED) is 0.377. The van der Waals surface area contributed by atoms with Crippen LogP contribution in [0.2, 0.25) is 0 Å². The maximum atomic E-state index is 12.5. The largest absolute Gasteiger partial charge is 0.466 e. The molecule has 2 nitrogen and oxygen atoms in total. The number of hydrogen-bond donors (Lipinski definition) is 1. The molecule has 0 radical (unpaired) electrons. The van der Waals surface area contributed by atoms with E-state index in [0.29, 0.717) is 5.56 Å². The van der Waals surface area contributed by atoms with Gasteiger partial charge < -0.3 is 4.74 Å². The van der Waals surface area contributed by atoms with Crippen LogP contribution in [0.1, 0.15) is 5.56 Å². The zero-order valence-electron chi connectivity index (χ0n) is 8.14. The predicted molar refractivity (Wildman–Crippen MR) is 62.5 cm³/mol. The monoisotopic (exact) mass is 259 g/mol. The fourth-order valence-electron chi connectivity index (χ4n) is 0.848. The third-order valence-corrected chi connectivity index (χ3v) is 1.97. The van der Waals surface area contributed by atoms with Crippen molar-refractivity contribution >= 4 is 29.1 Å². The molecule has 0 bridgehead atoms. The van der Waals surface area contributed by atoms with Crippen LogP contribution >= 0.6 is 23.2 Å². The minimum Gasteiger partial charge on any atom is -0.466 e. The van der Waals surface area contributed by atoms with Crippen molar-refractivity contribution < 1.29 is 9.13 Å². The van der Waals surface area contributed by atoms with E-state index in [4.69, 9.17) is 33.3 Å². The Morgan fingerprint density at radius 1 is 1.38 bits per heavy atom. The lowest BCUT2D eigenvalue weighted by molar-refractivity contribution is 0.350. The maximum Gasteiger partial charge on any atom is 0.215 e. The van der Waals surface area contributed by atoms with Gasteiger partial charge in [-0.3, -0.25) is 5.41 Å². The zero-order valence-corrected chi connectivity index (χ0v) is 9.65. The van der Waals surface area contributed by atoms with Gasteiger partial charge in [0.1, 0.15) is 5.82 Å². The molecule has 0 saturated carbocycles. The Bertz CT molecular complexity index is 420. The molecule has 1 N–H and O–H groups in total. The first-order chi connectivity index (χ1) is 7.59. The van der Waals surface area contributed by atoms with E-state index in [1.54, 1.807) is 12.1 Å². The average molecular weight is 260 g/mol. The SMILES string of the molecule is N=C(OCC#Cc1ccc(F)cc1)C(Cl)Cl. The topological polar surface area (TPSA) is 33.1 Å². The molecule has 16 heavy (non-hydrogen) atoms. The van der Waals surface area contributed by atoms with Crippen LogP contribution in [0.25, 0.3) is 0 Å². The van der Waals surface area contributed by atoms with Gasteiger partial charge in [-0.1, -0.05) is 35.0 Å². The number of halogens is 3. The summed E-state index contributed by atoms with van der Waals surface area (Å²) in [5.41, 5.74) is 0.671. The number of rotatable bonds is 2. The number of hydrogen-bond acceptors (Lipinski definition) is 2. The molecule has 0 unspecified atom stereocenters. The highest BCUT2D eigenvalue weighted by Crippen LogP contribution is 2.03. The van der Waals surface area contributed by atoms with Crippen LogP contribution in [-0.2, 0) is 4.74 Å². The van der Waals surface area contributed by atoms with E-state index in [0.717, 1.165) is 0 Å². The van der Waals surface area contributed by atoms with E-state index < -0.39 is 4.84 Å². The minimum atomic E-state index is -0.979. The highest BCUT2D eigenvalue weighted by molar-refractivity contribution is 6.53. The van der Waals surface area contributed by atoms with Crippen molar-refractivity contribution in [2.75, 3.05) is 6.61 Å². The smallest absolute Gasteiger partial charge is 0.215 e. The lowest BCUT2D eigenvalue weighted by Gasteiger charge is -2.02. The molecule has 84 valence electrons. The van der Waals surface area contributed by atoms with Crippen molar-refractivity contribution in [2.45, 2.75) is 4.84 Å². The van der Waals surface area contributed by atoms with Gasteiger partial charge in [-0.05, 0) is 24.3 Å². The molecule has 0 heterocycles. The summed E-state index contributed by atoms with van der Waals surface area (Å²) in [5, 5.41) is 7.15. The van der Waals surface area contributed by atoms with Gasteiger partial charge in [0, 0.05) is 5.56 Å². The molecule has 0 aliphatic carbocycles. The average Bonchev–Trinajstić information content (AvgIpc) is 2.26. The van der Waals surface area contributed by atoms with Crippen molar-refractivity contribution in [1.29, 1.82) is 5.41 Å². The van der Waals surface area contributed by atoms with Crippen molar-refractivity contribution in [3.05, 3.63) is 35.6 Å². The Morgan fingerprint density at radius 3 is 2.56 bits per heavy atom. The predicted octanol–water partition coefficient (Wildman–Crippen LogP) is 2.97. The van der Waals surface area contributed by atoms with Gasteiger partial charge in [0.2, 0.25) is 5.90 Å². The van der Waals surface area contributed by atoms with Gasteiger partial charge in [-0.2, -0.15) is 0 Å². The summed E-state index contributed by atoms with van der Waals surface area (Å²) in [6.07, 6.45) is 0. The normalized spacial score (nSPS) is 9.50. The fraction of sp³-hybridized carbons (Fsp3) is 0.182. The zero-order chi connectivity index (χ0) is 12.0. The van der Waals surface area contributed by atoms with E-state index >= 15 is 0 Å². The highest BCUT2D eigenvalue weighted by Gasteiger charge is 2.06. The number of ether oxygens (including phenoxy) is 1. The first-order valence-electron chi connectivity index (χ1n) is 4.33. The Labute approximate surface area is 103 Å². The fourth-order valence-corrected chi connectivity index (χ4v) is 0.974. The van der Waals surface area contributed by atoms with Crippen molar-refractivity contribution in [2.24, 2.45) is 0 Å². The second-order valence-electron chi connectivity index (χ2n) is 2.76. The second kappa shape index (κ2) is 6.37. The molecule has 1 aromatic carbocycles. The highest BCUT2D eigenvalue weighted by atomic mass is 35.5. The lowest BCUT2D eigenvalue weighted by atomic mass is 10.2. The van der Waals surface area contributed by atoms with Crippen molar-refractivity contribution in [1.82, 2.24) is 0 Å². The maximum absolute atomic E-state index is 12.5. The number of nitrogens with one attached hydrogen (secondary N) is 1. The number of alkyl halides is 2. The molecule has 1 aromatic rings. The standard InChI is InChI=1S/C11H8Cl2FNO/c12-10(13)11(15)16-7-1-2-8-3-5-9(14)6-4-8/h3-6,10,15H,7H2. The van der Waals surface area contributed by atoms with Crippen LogP contribution in [0.3, 0.4) is 0 Å². The summed E-state index contributed by atoms with van der Waals surface area (Å²) in [6, 6.07) is 5.75. The summed E-state index contributed by atoms with van der Waals surface area (Å²) in [7, 11) is 0. The molecule has 0 atom stereocenters. The third-order valence-electron chi connectivity index (χ3n) is 1.57. The van der Waals surface area contributed by atoms with Crippen LogP contribution < -0.4 is 0 Å². The molecule has 0 fully saturated rings. The summed E-state index contributed by atoms with van der Waals surface area (Å²) in [6.45, 7) is 0.0200. The third kappa shape index (κ3) is 4.52. The van der Waals surface area contributed by atoms with Crippen LogP contribution in [0.4, 0.5) is 4.39 Å². The molecule has 0 amide bonds. The van der Waals surface area contributed by atoms with Gasteiger partial charge >= 0.3 is 0 Å². The van der Waals surface area contributed by atoms with Gasteiger partial charge in [0.15, 0.2) is 11.4 Å². The van der Waals surface area contributed by atoms with Gasteiger partial charge in [0.05, 0.1) is 0 Å². The van der Waals surface area contributed by atoms with Crippen LogP contribution in [0.5, 0.6) is 0 Å². The van der Waals surface area contributed by atoms with Gasteiger partial charge in [-0.15, -0.1) is 0 Å². The molecule has 0 aromatic heterocycles. The van der Waals surface area contributed by atoms with Crippen molar-refractivity contribution in [3.63, 3.8) is 0 Å². The molecular formula is C11H8Cl2FNO. The molecule has 0 spiro atoms. The Morgan fingerprint density at radius 2 is 2.00 bits per heavy atom. The Hall–Kier alpha value is -1.24. The first kappa shape index (κ1) is 12.8. The number of benzene rings is 1. The summed E-state index contributed by atoms with van der Waals surface area (Å²) in [5.74, 6) is 4.85. The van der Waals surface area contributed by atoms with Crippen LogP contribution in [-0.4, -0.2) is 17.3 Å². The van der Waals surface area contributed by atoms with E-state index in [9.17, 15) is 4.39 Å². The molecular weight excluding hydrogens is 252 g/mol. The Kier molecular flexibility index (Phi) is 5.10. The summed E-state index contributed by atoms with van der Waals surface area (Å²) < 4.78 is 17.4. The van der Waals surface area contributed by atoms with Gasteiger partial charge in [0.25, 0.3) is 0 Å². The first-order valence-corrected chi connectivity index (χ1v) is 5.20. The molecule has 0 aliphatic rings. The lowest BCUT2D eigenvalue weighted by Crippen LogP contribution is -2.11. The van der Waals surface area contributed by atoms with Crippen LogP contribution in [0, 0.1) is 23.1 Å². The summed E-state index contributed by atoms with van der Waals surface area (Å²) >= 11 is 10.7. The molecule has 0 saturated heterocycles. The van der Waals surface area contributed by atoms with Crippen molar-refractivity contribution in [3.8, 4) is 11.8 Å². The van der Waals surface area contributed by atoms with E-state index in [-0.39, 0.29) is 18.3 Å². The Balaban J connectivity index is 2.44. The molecule has 0 aliphatic heterocycles. The van der Waals surface area contributed by atoms with E-state index in [2.05, 4.69) is 11.8 Å². The molecule has 5 heteroatoms.